The van der Waals surface area contributed by atoms with Crippen LogP contribution in [0.25, 0.3) is 0 Å². The fraction of sp³-hybridized carbons (Fsp3) is 0.381. The standard InChI is InChI=1S/C21H27F2N5O2/c1-3-24-21(26-14-16-8-4-5-10-18(16)30-20(22)23)27-15-19(29)28(2)13-11-17-9-6-7-12-25-17/h4-10,12,20H,3,11,13-15H2,1-2H3,(H2,24,26,27). The summed E-state index contributed by atoms with van der Waals surface area (Å²) in [7, 11) is 1.73. The Morgan fingerprint density at radius 1 is 1.20 bits per heavy atom. The van der Waals surface area contributed by atoms with Gasteiger partial charge in [0.05, 0.1) is 13.1 Å². The highest BCUT2D eigenvalue weighted by Gasteiger charge is 2.11. The van der Waals surface area contributed by atoms with Crippen molar-refractivity contribution in [1.29, 1.82) is 0 Å². The number of ether oxygens (including phenoxy) is 1. The maximum Gasteiger partial charge on any atom is 0.387 e. The average Bonchev–Trinajstić information content (AvgIpc) is 2.75. The summed E-state index contributed by atoms with van der Waals surface area (Å²) >= 11 is 0. The minimum absolute atomic E-state index is 0.0553. The van der Waals surface area contributed by atoms with Crippen LogP contribution < -0.4 is 15.4 Å². The number of nitrogens with one attached hydrogen (secondary N) is 2. The zero-order valence-corrected chi connectivity index (χ0v) is 17.1. The fourth-order valence-electron chi connectivity index (χ4n) is 2.60. The first kappa shape index (κ1) is 23.1. The molecule has 0 bridgehead atoms. The van der Waals surface area contributed by atoms with Crippen LogP contribution in [0.1, 0.15) is 18.2 Å². The van der Waals surface area contributed by atoms with Gasteiger partial charge in [0.1, 0.15) is 5.75 Å². The molecule has 1 heterocycles. The third kappa shape index (κ3) is 8.02. The molecule has 1 aromatic heterocycles. The summed E-state index contributed by atoms with van der Waals surface area (Å²) in [5, 5.41) is 6.01. The van der Waals surface area contributed by atoms with E-state index < -0.39 is 6.61 Å². The van der Waals surface area contributed by atoms with Gasteiger partial charge < -0.3 is 20.3 Å². The Morgan fingerprint density at radius 2 is 1.97 bits per heavy atom. The lowest BCUT2D eigenvalue weighted by Crippen LogP contribution is -2.44. The number of aromatic nitrogens is 1. The first-order chi connectivity index (χ1) is 14.5. The number of carbonyl (C=O) groups is 1. The number of alkyl halides is 2. The Hall–Kier alpha value is -3.23. The van der Waals surface area contributed by atoms with Crippen LogP contribution >= 0.6 is 0 Å². The third-order valence-electron chi connectivity index (χ3n) is 4.20. The first-order valence-electron chi connectivity index (χ1n) is 9.68. The number of halogens is 2. The average molecular weight is 419 g/mol. The number of carbonyl (C=O) groups excluding carboxylic acids is 1. The van der Waals surface area contributed by atoms with E-state index in [-0.39, 0.29) is 24.7 Å². The van der Waals surface area contributed by atoms with Crippen molar-refractivity contribution in [3.63, 3.8) is 0 Å². The molecular weight excluding hydrogens is 392 g/mol. The lowest BCUT2D eigenvalue weighted by molar-refractivity contribution is -0.128. The number of aliphatic imine (C=N–C) groups is 1. The van der Waals surface area contributed by atoms with Gasteiger partial charge in [-0.3, -0.25) is 9.78 Å². The lowest BCUT2D eigenvalue weighted by atomic mass is 10.2. The van der Waals surface area contributed by atoms with Gasteiger partial charge in [0.15, 0.2) is 5.96 Å². The monoisotopic (exact) mass is 419 g/mol. The summed E-state index contributed by atoms with van der Waals surface area (Å²) in [5.74, 6) is 0.395. The molecule has 0 unspecified atom stereocenters. The predicted octanol–water partition coefficient (Wildman–Crippen LogP) is 2.44. The molecule has 2 N–H and O–H groups in total. The molecule has 0 aliphatic rings. The van der Waals surface area contributed by atoms with E-state index in [9.17, 15) is 13.6 Å². The van der Waals surface area contributed by atoms with Crippen LogP contribution in [0.15, 0.2) is 53.7 Å². The molecule has 9 heteroatoms. The second-order valence-electron chi connectivity index (χ2n) is 6.42. The Morgan fingerprint density at radius 3 is 2.67 bits per heavy atom. The van der Waals surface area contributed by atoms with Crippen molar-refractivity contribution in [2.45, 2.75) is 26.5 Å². The van der Waals surface area contributed by atoms with Gasteiger partial charge in [-0.1, -0.05) is 24.3 Å². The molecule has 0 aliphatic carbocycles. The fourth-order valence-corrected chi connectivity index (χ4v) is 2.60. The molecule has 2 rings (SSSR count). The maximum absolute atomic E-state index is 12.5. The predicted molar refractivity (Wildman–Crippen MR) is 111 cm³/mol. The molecule has 1 amide bonds. The van der Waals surface area contributed by atoms with E-state index >= 15 is 0 Å². The normalized spacial score (nSPS) is 11.3. The molecule has 2 aromatic rings. The van der Waals surface area contributed by atoms with E-state index in [0.29, 0.717) is 31.0 Å². The van der Waals surface area contributed by atoms with Crippen molar-refractivity contribution in [3.05, 3.63) is 59.9 Å². The molecule has 162 valence electrons. The van der Waals surface area contributed by atoms with Crippen molar-refractivity contribution >= 4 is 11.9 Å². The largest absolute Gasteiger partial charge is 0.434 e. The summed E-state index contributed by atoms with van der Waals surface area (Å²) in [5.41, 5.74) is 1.44. The highest BCUT2D eigenvalue weighted by Crippen LogP contribution is 2.20. The molecule has 0 saturated carbocycles. The van der Waals surface area contributed by atoms with Gasteiger partial charge in [0.25, 0.3) is 0 Å². The Kier molecular flexibility index (Phi) is 9.50. The van der Waals surface area contributed by atoms with Crippen molar-refractivity contribution in [1.82, 2.24) is 20.5 Å². The smallest absolute Gasteiger partial charge is 0.387 e. The molecule has 0 spiro atoms. The zero-order valence-electron chi connectivity index (χ0n) is 17.1. The molecule has 0 atom stereocenters. The number of rotatable bonds is 10. The molecule has 0 saturated heterocycles. The van der Waals surface area contributed by atoms with Gasteiger partial charge in [-0.25, -0.2) is 4.99 Å². The van der Waals surface area contributed by atoms with Crippen LogP contribution in [-0.2, 0) is 17.8 Å². The molecule has 0 aliphatic heterocycles. The van der Waals surface area contributed by atoms with Crippen LogP contribution in [0.5, 0.6) is 5.75 Å². The van der Waals surface area contributed by atoms with Crippen LogP contribution in [0.4, 0.5) is 8.78 Å². The number of amides is 1. The number of benzene rings is 1. The number of pyridine rings is 1. The number of para-hydroxylation sites is 1. The van der Waals surface area contributed by atoms with Crippen LogP contribution in [-0.4, -0.2) is 55.0 Å². The van der Waals surface area contributed by atoms with Crippen molar-refractivity contribution in [2.75, 3.05) is 26.7 Å². The number of likely N-dealkylation sites (N-methyl/N-ethyl adjacent to an activating group) is 1. The molecule has 0 radical (unpaired) electrons. The summed E-state index contributed by atoms with van der Waals surface area (Å²) in [6.07, 6.45) is 2.39. The van der Waals surface area contributed by atoms with Gasteiger partial charge in [-0.2, -0.15) is 8.78 Å². The second kappa shape index (κ2) is 12.4. The van der Waals surface area contributed by atoms with E-state index in [2.05, 4.69) is 25.3 Å². The van der Waals surface area contributed by atoms with E-state index in [0.717, 1.165) is 5.69 Å². The molecule has 30 heavy (non-hydrogen) atoms. The van der Waals surface area contributed by atoms with E-state index in [1.54, 1.807) is 36.3 Å². The minimum atomic E-state index is -2.90. The van der Waals surface area contributed by atoms with Gasteiger partial charge >= 0.3 is 6.61 Å². The van der Waals surface area contributed by atoms with Gasteiger partial charge in [0.2, 0.25) is 5.91 Å². The summed E-state index contributed by atoms with van der Waals surface area (Å²) in [6.45, 7) is 0.308. The Labute approximate surface area is 175 Å². The van der Waals surface area contributed by atoms with Gasteiger partial charge in [-0.05, 0) is 25.1 Å². The molecule has 7 nitrogen and oxygen atoms in total. The summed E-state index contributed by atoms with van der Waals surface area (Å²) in [6, 6.07) is 12.2. The summed E-state index contributed by atoms with van der Waals surface area (Å²) < 4.78 is 29.6. The SMILES string of the molecule is CCNC(=NCc1ccccc1OC(F)F)NCC(=O)N(C)CCc1ccccn1. The third-order valence-corrected chi connectivity index (χ3v) is 4.20. The highest BCUT2D eigenvalue weighted by atomic mass is 19.3. The number of guanidine groups is 1. The summed E-state index contributed by atoms with van der Waals surface area (Å²) in [4.78, 5) is 22.6. The van der Waals surface area contributed by atoms with Gasteiger partial charge in [-0.15, -0.1) is 0 Å². The number of hydrogen-bond acceptors (Lipinski definition) is 4. The maximum atomic E-state index is 12.5. The molecule has 1 aromatic carbocycles. The van der Waals surface area contributed by atoms with Crippen LogP contribution in [0.2, 0.25) is 0 Å². The zero-order chi connectivity index (χ0) is 21.8. The van der Waals surface area contributed by atoms with Gasteiger partial charge in [0, 0.05) is 44.0 Å². The quantitative estimate of drug-likeness (QED) is 0.457. The Balaban J connectivity index is 1.89. The van der Waals surface area contributed by atoms with Crippen molar-refractivity contribution < 1.29 is 18.3 Å². The van der Waals surface area contributed by atoms with Crippen molar-refractivity contribution in [3.8, 4) is 5.75 Å². The lowest BCUT2D eigenvalue weighted by Gasteiger charge is -2.18. The second-order valence-corrected chi connectivity index (χ2v) is 6.42. The van der Waals surface area contributed by atoms with E-state index in [4.69, 9.17) is 0 Å². The Bertz CT molecular complexity index is 818. The van der Waals surface area contributed by atoms with Crippen LogP contribution in [0.3, 0.4) is 0 Å². The topological polar surface area (TPSA) is 78.9 Å². The molecular formula is C21H27F2N5O2. The number of hydrogen-bond donors (Lipinski definition) is 2. The minimum Gasteiger partial charge on any atom is -0.434 e. The van der Waals surface area contributed by atoms with E-state index in [1.807, 2.05) is 25.1 Å². The van der Waals surface area contributed by atoms with Crippen LogP contribution in [0, 0.1) is 0 Å². The number of nitrogens with zero attached hydrogens (tertiary/aromatic N) is 3. The van der Waals surface area contributed by atoms with E-state index in [1.165, 1.54) is 6.07 Å². The highest BCUT2D eigenvalue weighted by molar-refractivity contribution is 5.86. The first-order valence-corrected chi connectivity index (χ1v) is 9.68. The molecule has 0 fully saturated rings. The van der Waals surface area contributed by atoms with Crippen molar-refractivity contribution in [2.24, 2.45) is 4.99 Å².